The number of anilines is 1. The molecule has 1 unspecified atom stereocenters. The van der Waals surface area contributed by atoms with Crippen molar-refractivity contribution in [2.75, 3.05) is 18.4 Å². The number of hydrogen-bond acceptors (Lipinski definition) is 4. The smallest absolute Gasteiger partial charge is 0.238 e. The minimum absolute atomic E-state index is 0.00298. The summed E-state index contributed by atoms with van der Waals surface area (Å²) in [5.41, 5.74) is 0.452. The Bertz CT molecular complexity index is 595. The largest absolute Gasteiger partial charge is 0.326 e. The van der Waals surface area contributed by atoms with Gasteiger partial charge in [0.15, 0.2) is 0 Å². The minimum Gasteiger partial charge on any atom is -0.326 e. The number of benzene rings is 1. The lowest BCUT2D eigenvalue weighted by Crippen LogP contribution is -2.30. The zero-order chi connectivity index (χ0) is 15.3. The normalized spacial score (nSPS) is 19.2. The third kappa shape index (κ3) is 5.11. The first-order chi connectivity index (χ1) is 9.95. The van der Waals surface area contributed by atoms with E-state index >= 15 is 0 Å². The summed E-state index contributed by atoms with van der Waals surface area (Å²) in [4.78, 5) is 11.9. The highest BCUT2D eigenvalue weighted by Gasteiger charge is 2.15. The molecule has 1 heterocycles. The first-order valence-corrected chi connectivity index (χ1v) is 8.63. The van der Waals surface area contributed by atoms with Crippen LogP contribution in [0.15, 0.2) is 29.2 Å². The molecule has 0 spiro atoms. The zero-order valence-electron chi connectivity index (χ0n) is 11.8. The van der Waals surface area contributed by atoms with E-state index in [1.165, 1.54) is 12.1 Å². The second-order valence-corrected chi connectivity index (χ2v) is 6.93. The van der Waals surface area contributed by atoms with E-state index in [9.17, 15) is 13.2 Å². The second-order valence-electron chi connectivity index (χ2n) is 5.37. The Kier molecular flexibility index (Phi) is 5.33. The molecular formula is C14H21N3O3S. The van der Waals surface area contributed by atoms with Crippen LogP contribution in [0.3, 0.4) is 0 Å². The number of sulfonamides is 1. The van der Waals surface area contributed by atoms with Gasteiger partial charge in [-0.05, 0) is 56.5 Å². The van der Waals surface area contributed by atoms with Crippen molar-refractivity contribution in [2.24, 2.45) is 11.1 Å². The van der Waals surface area contributed by atoms with Crippen LogP contribution in [-0.2, 0) is 14.8 Å². The lowest BCUT2D eigenvalue weighted by molar-refractivity contribution is -0.116. The van der Waals surface area contributed by atoms with Crippen LogP contribution in [-0.4, -0.2) is 27.4 Å². The number of carbonyl (C=O) groups excluding carboxylic acids is 1. The van der Waals surface area contributed by atoms with Gasteiger partial charge in [-0.15, -0.1) is 0 Å². The number of carbonyl (C=O) groups is 1. The molecule has 7 heteroatoms. The van der Waals surface area contributed by atoms with Gasteiger partial charge >= 0.3 is 0 Å². The molecule has 1 fully saturated rings. The molecule has 0 bridgehead atoms. The van der Waals surface area contributed by atoms with E-state index in [1.807, 2.05) is 0 Å². The van der Waals surface area contributed by atoms with Crippen molar-refractivity contribution in [3.8, 4) is 0 Å². The highest BCUT2D eigenvalue weighted by Crippen LogP contribution is 2.18. The highest BCUT2D eigenvalue weighted by molar-refractivity contribution is 7.89. The average Bonchev–Trinajstić information content (AvgIpc) is 2.46. The van der Waals surface area contributed by atoms with Crippen molar-refractivity contribution in [2.45, 2.75) is 30.6 Å². The topological polar surface area (TPSA) is 101 Å². The maximum Gasteiger partial charge on any atom is 0.238 e. The van der Waals surface area contributed by atoms with Crippen LogP contribution >= 0.6 is 0 Å². The third-order valence-corrected chi connectivity index (χ3v) is 4.54. The second kappa shape index (κ2) is 7.02. The summed E-state index contributed by atoms with van der Waals surface area (Å²) in [7, 11) is -3.75. The molecule has 4 N–H and O–H groups in total. The Morgan fingerprint density at radius 1 is 1.43 bits per heavy atom. The van der Waals surface area contributed by atoms with Crippen molar-refractivity contribution in [1.82, 2.24) is 5.32 Å². The molecule has 0 aromatic heterocycles. The molecule has 1 atom stereocenters. The molecule has 21 heavy (non-hydrogen) atoms. The van der Waals surface area contributed by atoms with Gasteiger partial charge in [-0.3, -0.25) is 4.79 Å². The fourth-order valence-electron chi connectivity index (χ4n) is 2.48. The van der Waals surface area contributed by atoms with Crippen molar-refractivity contribution >= 4 is 21.6 Å². The maximum atomic E-state index is 11.9. The van der Waals surface area contributed by atoms with Crippen LogP contribution in [0.4, 0.5) is 5.69 Å². The molecule has 116 valence electrons. The SMILES string of the molecule is NS(=O)(=O)c1cccc(NC(=O)CCC2CCCNC2)c1. The van der Waals surface area contributed by atoms with E-state index in [1.54, 1.807) is 12.1 Å². The lowest BCUT2D eigenvalue weighted by Gasteiger charge is -2.22. The van der Waals surface area contributed by atoms with Crippen molar-refractivity contribution in [1.29, 1.82) is 0 Å². The third-order valence-electron chi connectivity index (χ3n) is 3.62. The Balaban J connectivity index is 1.87. The summed E-state index contributed by atoms with van der Waals surface area (Å²) in [6.07, 6.45) is 3.59. The highest BCUT2D eigenvalue weighted by atomic mass is 32.2. The maximum absolute atomic E-state index is 11.9. The van der Waals surface area contributed by atoms with Crippen LogP contribution in [0, 0.1) is 5.92 Å². The first-order valence-electron chi connectivity index (χ1n) is 7.08. The van der Waals surface area contributed by atoms with E-state index in [2.05, 4.69) is 10.6 Å². The molecule has 1 aliphatic rings. The van der Waals surface area contributed by atoms with Crippen LogP contribution < -0.4 is 15.8 Å². The number of primary sulfonamides is 1. The molecule has 1 aliphatic heterocycles. The molecule has 0 radical (unpaired) electrons. The summed E-state index contributed by atoms with van der Waals surface area (Å²) >= 11 is 0. The Morgan fingerprint density at radius 2 is 2.24 bits per heavy atom. The standard InChI is InChI=1S/C14H21N3O3S/c15-21(19,20)13-5-1-4-12(9-13)17-14(18)7-6-11-3-2-8-16-10-11/h1,4-5,9,11,16H,2-3,6-8,10H2,(H,17,18)(H2,15,19,20). The van der Waals surface area contributed by atoms with Gasteiger partial charge in [0.1, 0.15) is 0 Å². The van der Waals surface area contributed by atoms with Crippen molar-refractivity contribution < 1.29 is 13.2 Å². The van der Waals surface area contributed by atoms with Gasteiger partial charge in [-0.25, -0.2) is 13.6 Å². The number of hydrogen-bond donors (Lipinski definition) is 3. The molecule has 0 saturated carbocycles. The van der Waals surface area contributed by atoms with E-state index in [0.717, 1.165) is 32.4 Å². The van der Waals surface area contributed by atoms with Crippen LogP contribution in [0.5, 0.6) is 0 Å². The average molecular weight is 311 g/mol. The van der Waals surface area contributed by atoms with Crippen molar-refractivity contribution in [3.05, 3.63) is 24.3 Å². The molecule has 1 aromatic rings. The van der Waals surface area contributed by atoms with Gasteiger partial charge in [0.05, 0.1) is 4.90 Å². The Labute approximate surface area is 125 Å². The summed E-state index contributed by atoms with van der Waals surface area (Å²) in [6, 6.07) is 5.98. The van der Waals surface area contributed by atoms with Crippen molar-refractivity contribution in [3.63, 3.8) is 0 Å². The number of amides is 1. The van der Waals surface area contributed by atoms with E-state index in [0.29, 0.717) is 18.0 Å². The summed E-state index contributed by atoms with van der Waals surface area (Å²) < 4.78 is 22.5. The first kappa shape index (κ1) is 15.9. The lowest BCUT2D eigenvalue weighted by atomic mass is 9.94. The monoisotopic (exact) mass is 311 g/mol. The number of nitrogens with one attached hydrogen (secondary N) is 2. The summed E-state index contributed by atoms with van der Waals surface area (Å²) in [5.74, 6) is 0.437. The van der Waals surface area contributed by atoms with Gasteiger partial charge in [-0.2, -0.15) is 0 Å². The molecule has 6 nitrogen and oxygen atoms in total. The van der Waals surface area contributed by atoms with Crippen LogP contribution in [0.1, 0.15) is 25.7 Å². The Morgan fingerprint density at radius 3 is 2.90 bits per heavy atom. The minimum atomic E-state index is -3.75. The number of rotatable bonds is 5. The predicted molar refractivity (Wildman–Crippen MR) is 81.3 cm³/mol. The summed E-state index contributed by atoms with van der Waals surface area (Å²) in [6.45, 7) is 2.03. The molecule has 1 aromatic carbocycles. The Hall–Kier alpha value is -1.44. The summed E-state index contributed by atoms with van der Waals surface area (Å²) in [5, 5.41) is 11.1. The van der Waals surface area contributed by atoms with Gasteiger partial charge < -0.3 is 10.6 Å². The number of piperidine rings is 1. The molecule has 2 rings (SSSR count). The van der Waals surface area contributed by atoms with Gasteiger partial charge in [0.25, 0.3) is 0 Å². The van der Waals surface area contributed by atoms with E-state index in [4.69, 9.17) is 5.14 Å². The quantitative estimate of drug-likeness (QED) is 0.756. The fourth-order valence-corrected chi connectivity index (χ4v) is 3.04. The molecular weight excluding hydrogens is 290 g/mol. The van der Waals surface area contributed by atoms with E-state index in [-0.39, 0.29) is 10.8 Å². The molecule has 1 amide bonds. The van der Waals surface area contributed by atoms with Gasteiger partial charge in [-0.1, -0.05) is 6.07 Å². The van der Waals surface area contributed by atoms with Crippen LogP contribution in [0.25, 0.3) is 0 Å². The molecule has 1 saturated heterocycles. The van der Waals surface area contributed by atoms with E-state index < -0.39 is 10.0 Å². The zero-order valence-corrected chi connectivity index (χ0v) is 12.7. The van der Waals surface area contributed by atoms with Gasteiger partial charge in [0, 0.05) is 12.1 Å². The van der Waals surface area contributed by atoms with Gasteiger partial charge in [0.2, 0.25) is 15.9 Å². The fraction of sp³-hybridized carbons (Fsp3) is 0.500. The molecule has 0 aliphatic carbocycles. The van der Waals surface area contributed by atoms with Crippen LogP contribution in [0.2, 0.25) is 0 Å². The predicted octanol–water partition coefficient (Wildman–Crippen LogP) is 1.05. The number of nitrogens with two attached hydrogens (primary N) is 1.